The zero-order valence-corrected chi connectivity index (χ0v) is 10.7. The van der Waals surface area contributed by atoms with Crippen molar-refractivity contribution in [2.75, 3.05) is 6.61 Å². The highest BCUT2D eigenvalue weighted by atomic mass is 32.1. The maximum absolute atomic E-state index is 11.9. The Labute approximate surface area is 112 Å². The van der Waals surface area contributed by atoms with Crippen LogP contribution < -0.4 is 5.32 Å². The van der Waals surface area contributed by atoms with Crippen molar-refractivity contribution in [3.8, 4) is 0 Å². The standard InChI is InChI=1S/C12H12N2O4S/c15-4-3-9(12(17)18)14-11(16)7-1-2-8-10(5-7)19-6-13-8/h1-2,5-6,9,15H,3-4H2,(H,14,16)(H,17,18)/t9-/m0/s1. The number of carboxylic acid groups (broad SMARTS) is 1. The fraction of sp³-hybridized carbons (Fsp3) is 0.250. The third kappa shape index (κ3) is 3.07. The van der Waals surface area contributed by atoms with E-state index < -0.39 is 17.9 Å². The molecule has 0 aliphatic carbocycles. The van der Waals surface area contributed by atoms with Gasteiger partial charge in [-0.3, -0.25) is 4.79 Å². The molecule has 1 amide bonds. The topological polar surface area (TPSA) is 99.5 Å². The van der Waals surface area contributed by atoms with Crippen LogP contribution in [0.25, 0.3) is 10.2 Å². The molecule has 0 bridgehead atoms. The van der Waals surface area contributed by atoms with E-state index in [0.29, 0.717) is 5.56 Å². The molecule has 1 aromatic carbocycles. The molecule has 0 unspecified atom stereocenters. The summed E-state index contributed by atoms with van der Waals surface area (Å²) in [5, 5.41) is 20.0. The van der Waals surface area contributed by atoms with E-state index in [1.54, 1.807) is 23.7 Å². The molecule has 1 aromatic heterocycles. The molecule has 0 fully saturated rings. The zero-order valence-electron chi connectivity index (χ0n) is 9.87. The van der Waals surface area contributed by atoms with E-state index in [2.05, 4.69) is 10.3 Å². The monoisotopic (exact) mass is 280 g/mol. The van der Waals surface area contributed by atoms with Crippen molar-refractivity contribution in [3.05, 3.63) is 29.3 Å². The van der Waals surface area contributed by atoms with Gasteiger partial charge in [-0.1, -0.05) is 0 Å². The third-order valence-corrected chi connectivity index (χ3v) is 3.41. The number of carboxylic acids is 1. The lowest BCUT2D eigenvalue weighted by Gasteiger charge is -2.13. The molecule has 0 radical (unpaired) electrons. The van der Waals surface area contributed by atoms with Crippen LogP contribution in [0.3, 0.4) is 0 Å². The number of aliphatic hydroxyl groups is 1. The molecular weight excluding hydrogens is 268 g/mol. The van der Waals surface area contributed by atoms with Gasteiger partial charge in [0.15, 0.2) is 0 Å². The van der Waals surface area contributed by atoms with Gasteiger partial charge in [-0.25, -0.2) is 9.78 Å². The van der Waals surface area contributed by atoms with Crippen molar-refractivity contribution in [2.45, 2.75) is 12.5 Å². The highest BCUT2D eigenvalue weighted by Gasteiger charge is 2.20. The van der Waals surface area contributed by atoms with E-state index >= 15 is 0 Å². The van der Waals surface area contributed by atoms with E-state index in [9.17, 15) is 9.59 Å². The largest absolute Gasteiger partial charge is 0.480 e. The first kappa shape index (κ1) is 13.4. The minimum Gasteiger partial charge on any atom is -0.480 e. The minimum absolute atomic E-state index is 0.0239. The first-order chi connectivity index (χ1) is 9.11. The Morgan fingerprint density at radius 1 is 1.42 bits per heavy atom. The van der Waals surface area contributed by atoms with Crippen LogP contribution in [0.2, 0.25) is 0 Å². The number of aromatic nitrogens is 1. The van der Waals surface area contributed by atoms with E-state index in [-0.39, 0.29) is 13.0 Å². The normalized spacial score (nSPS) is 12.3. The lowest BCUT2D eigenvalue weighted by Crippen LogP contribution is -2.41. The number of carbonyl (C=O) groups is 2. The number of benzene rings is 1. The van der Waals surface area contributed by atoms with Crippen molar-refractivity contribution < 1.29 is 19.8 Å². The van der Waals surface area contributed by atoms with Crippen molar-refractivity contribution in [3.63, 3.8) is 0 Å². The summed E-state index contributed by atoms with van der Waals surface area (Å²) in [5.74, 6) is -1.64. The summed E-state index contributed by atoms with van der Waals surface area (Å²) in [6.45, 7) is -0.300. The van der Waals surface area contributed by atoms with Gasteiger partial charge in [-0.2, -0.15) is 0 Å². The molecule has 1 heterocycles. The number of aliphatic hydroxyl groups excluding tert-OH is 1. The number of aliphatic carboxylic acids is 1. The SMILES string of the molecule is O=C(N[C@@H](CCO)C(=O)O)c1ccc2ncsc2c1. The number of nitrogens with one attached hydrogen (secondary N) is 1. The number of amides is 1. The molecule has 6 nitrogen and oxygen atoms in total. The number of thiazole rings is 1. The molecule has 0 aliphatic heterocycles. The third-order valence-electron chi connectivity index (χ3n) is 2.61. The first-order valence-electron chi connectivity index (χ1n) is 5.59. The Balaban J connectivity index is 2.16. The first-order valence-corrected chi connectivity index (χ1v) is 6.47. The molecule has 0 saturated heterocycles. The Morgan fingerprint density at radius 2 is 2.21 bits per heavy atom. The highest BCUT2D eigenvalue weighted by Crippen LogP contribution is 2.19. The fourth-order valence-electron chi connectivity index (χ4n) is 1.62. The van der Waals surface area contributed by atoms with Gasteiger partial charge in [0.1, 0.15) is 6.04 Å². The van der Waals surface area contributed by atoms with E-state index in [1.807, 2.05) is 0 Å². The molecule has 3 N–H and O–H groups in total. The smallest absolute Gasteiger partial charge is 0.326 e. The lowest BCUT2D eigenvalue weighted by atomic mass is 10.1. The van der Waals surface area contributed by atoms with Crippen LogP contribution in [-0.2, 0) is 4.79 Å². The van der Waals surface area contributed by atoms with Crippen LogP contribution in [-0.4, -0.2) is 39.7 Å². The number of rotatable bonds is 5. The Bertz CT molecular complexity index is 611. The van der Waals surface area contributed by atoms with Gasteiger partial charge in [-0.05, 0) is 18.2 Å². The second-order valence-electron chi connectivity index (χ2n) is 3.91. The van der Waals surface area contributed by atoms with Crippen LogP contribution in [0, 0.1) is 0 Å². The van der Waals surface area contributed by atoms with Gasteiger partial charge in [0, 0.05) is 18.6 Å². The molecule has 7 heteroatoms. The summed E-state index contributed by atoms with van der Waals surface area (Å²) in [4.78, 5) is 26.9. The number of carbonyl (C=O) groups excluding carboxylic acids is 1. The Morgan fingerprint density at radius 3 is 2.89 bits per heavy atom. The predicted octanol–water partition coefficient (Wildman–Crippen LogP) is 0.862. The predicted molar refractivity (Wildman–Crippen MR) is 70.2 cm³/mol. The Hall–Kier alpha value is -1.99. The highest BCUT2D eigenvalue weighted by molar-refractivity contribution is 7.16. The van der Waals surface area contributed by atoms with Gasteiger partial charge < -0.3 is 15.5 Å². The lowest BCUT2D eigenvalue weighted by molar-refractivity contribution is -0.139. The van der Waals surface area contributed by atoms with Crippen molar-refractivity contribution >= 4 is 33.4 Å². The number of fused-ring (bicyclic) bond motifs is 1. The van der Waals surface area contributed by atoms with E-state index in [1.165, 1.54) is 11.3 Å². The van der Waals surface area contributed by atoms with Gasteiger partial charge in [0.2, 0.25) is 0 Å². The molecule has 0 saturated carbocycles. The van der Waals surface area contributed by atoms with Crippen LogP contribution in [0.1, 0.15) is 16.8 Å². The number of hydrogen-bond acceptors (Lipinski definition) is 5. The maximum atomic E-state index is 11.9. The summed E-state index contributed by atoms with van der Waals surface area (Å²) >= 11 is 1.41. The quantitative estimate of drug-likeness (QED) is 0.754. The zero-order chi connectivity index (χ0) is 13.8. The van der Waals surface area contributed by atoms with Crippen LogP contribution in [0.4, 0.5) is 0 Å². The van der Waals surface area contributed by atoms with E-state index in [4.69, 9.17) is 10.2 Å². The van der Waals surface area contributed by atoms with Crippen molar-refractivity contribution in [1.82, 2.24) is 10.3 Å². The minimum atomic E-state index is -1.17. The average Bonchev–Trinajstić information content (AvgIpc) is 2.85. The second-order valence-corrected chi connectivity index (χ2v) is 4.80. The van der Waals surface area contributed by atoms with Gasteiger partial charge in [0.25, 0.3) is 5.91 Å². The molecular formula is C12H12N2O4S. The number of nitrogens with zero attached hydrogens (tertiary/aromatic N) is 1. The maximum Gasteiger partial charge on any atom is 0.326 e. The van der Waals surface area contributed by atoms with Crippen LogP contribution in [0.15, 0.2) is 23.7 Å². The fourth-order valence-corrected chi connectivity index (χ4v) is 2.34. The van der Waals surface area contributed by atoms with Crippen LogP contribution >= 0.6 is 11.3 Å². The molecule has 2 rings (SSSR count). The second kappa shape index (κ2) is 5.77. The summed E-state index contributed by atoms with van der Waals surface area (Å²) < 4.78 is 0.863. The molecule has 0 aliphatic rings. The summed E-state index contributed by atoms with van der Waals surface area (Å²) in [6.07, 6.45) is -0.0239. The van der Waals surface area contributed by atoms with Crippen molar-refractivity contribution in [2.24, 2.45) is 0 Å². The molecule has 19 heavy (non-hydrogen) atoms. The summed E-state index contributed by atoms with van der Waals surface area (Å²) in [7, 11) is 0. The van der Waals surface area contributed by atoms with Gasteiger partial charge in [0.05, 0.1) is 15.7 Å². The summed E-state index contributed by atoms with van der Waals surface area (Å²) in [6, 6.07) is 3.88. The van der Waals surface area contributed by atoms with Gasteiger partial charge in [-0.15, -0.1) is 11.3 Å². The van der Waals surface area contributed by atoms with Crippen molar-refractivity contribution in [1.29, 1.82) is 0 Å². The number of hydrogen-bond donors (Lipinski definition) is 3. The molecule has 1 atom stereocenters. The average molecular weight is 280 g/mol. The summed E-state index contributed by atoms with van der Waals surface area (Å²) in [5.41, 5.74) is 2.85. The van der Waals surface area contributed by atoms with Gasteiger partial charge >= 0.3 is 5.97 Å². The Kier molecular flexibility index (Phi) is 4.08. The molecule has 2 aromatic rings. The molecule has 0 spiro atoms. The molecule has 100 valence electrons. The van der Waals surface area contributed by atoms with E-state index in [0.717, 1.165) is 10.2 Å². The van der Waals surface area contributed by atoms with Crippen LogP contribution in [0.5, 0.6) is 0 Å².